The summed E-state index contributed by atoms with van der Waals surface area (Å²) in [6.07, 6.45) is 0.958. The van der Waals surface area contributed by atoms with Crippen molar-refractivity contribution in [3.05, 3.63) is 29.3 Å². The molecular formula is C16H20N2O3S. The van der Waals surface area contributed by atoms with Gasteiger partial charge in [-0.1, -0.05) is 12.1 Å². The summed E-state index contributed by atoms with van der Waals surface area (Å²) in [4.78, 5) is 27.7. The van der Waals surface area contributed by atoms with Gasteiger partial charge in [0.15, 0.2) is 6.10 Å². The number of hydrogen-bond acceptors (Lipinski definition) is 5. The van der Waals surface area contributed by atoms with E-state index in [1.165, 1.54) is 0 Å². The standard InChI is InChI=1S/C16H20N2O3S/c1-3-17-16(20)11(2)21-15(19)10-6-9-14-18-12-7-4-5-8-13(12)22-14/h4-5,7-8,11H,3,6,9-10H2,1-2H3,(H,17,20)/t11-/m0/s1. The van der Waals surface area contributed by atoms with Gasteiger partial charge in [0.1, 0.15) is 0 Å². The molecule has 5 nitrogen and oxygen atoms in total. The number of ether oxygens (including phenoxy) is 1. The van der Waals surface area contributed by atoms with Crippen LogP contribution in [0.2, 0.25) is 0 Å². The molecule has 118 valence electrons. The van der Waals surface area contributed by atoms with Crippen molar-refractivity contribution in [2.75, 3.05) is 6.54 Å². The van der Waals surface area contributed by atoms with Gasteiger partial charge < -0.3 is 10.1 Å². The monoisotopic (exact) mass is 320 g/mol. The number of nitrogens with zero attached hydrogens (tertiary/aromatic N) is 1. The molecule has 1 amide bonds. The van der Waals surface area contributed by atoms with Crippen LogP contribution in [0.25, 0.3) is 10.2 Å². The van der Waals surface area contributed by atoms with Gasteiger partial charge in [0.2, 0.25) is 0 Å². The molecule has 1 aromatic carbocycles. The number of fused-ring (bicyclic) bond motifs is 1. The van der Waals surface area contributed by atoms with Crippen molar-refractivity contribution in [1.82, 2.24) is 10.3 Å². The largest absolute Gasteiger partial charge is 0.453 e. The first kappa shape index (κ1) is 16.4. The molecule has 22 heavy (non-hydrogen) atoms. The zero-order valence-electron chi connectivity index (χ0n) is 12.8. The molecule has 1 atom stereocenters. The molecule has 0 aliphatic heterocycles. The highest BCUT2D eigenvalue weighted by molar-refractivity contribution is 7.18. The Labute approximate surface area is 133 Å². The van der Waals surface area contributed by atoms with Crippen molar-refractivity contribution in [2.45, 2.75) is 39.2 Å². The number of aromatic nitrogens is 1. The molecule has 0 saturated carbocycles. The number of rotatable bonds is 7. The third-order valence-electron chi connectivity index (χ3n) is 3.14. The minimum absolute atomic E-state index is 0.262. The number of para-hydroxylation sites is 1. The molecule has 2 aromatic rings. The van der Waals surface area contributed by atoms with Crippen LogP contribution in [-0.2, 0) is 20.7 Å². The smallest absolute Gasteiger partial charge is 0.306 e. The summed E-state index contributed by atoms with van der Waals surface area (Å²) < 4.78 is 6.25. The van der Waals surface area contributed by atoms with Crippen LogP contribution >= 0.6 is 11.3 Å². The van der Waals surface area contributed by atoms with Crippen molar-refractivity contribution >= 4 is 33.4 Å². The highest BCUT2D eigenvalue weighted by atomic mass is 32.1. The van der Waals surface area contributed by atoms with Crippen LogP contribution in [0.15, 0.2) is 24.3 Å². The van der Waals surface area contributed by atoms with E-state index in [1.807, 2.05) is 31.2 Å². The molecule has 0 unspecified atom stereocenters. The molecule has 0 bridgehead atoms. The van der Waals surface area contributed by atoms with Gasteiger partial charge in [0.25, 0.3) is 5.91 Å². The maximum Gasteiger partial charge on any atom is 0.306 e. The van der Waals surface area contributed by atoms with E-state index < -0.39 is 6.10 Å². The predicted octanol–water partition coefficient (Wildman–Crippen LogP) is 2.69. The summed E-state index contributed by atoms with van der Waals surface area (Å²) in [5.74, 6) is -0.609. The van der Waals surface area contributed by atoms with E-state index >= 15 is 0 Å². The normalized spacial score (nSPS) is 12.1. The zero-order chi connectivity index (χ0) is 15.9. The Hall–Kier alpha value is -1.95. The number of nitrogens with one attached hydrogen (secondary N) is 1. The third-order valence-corrected chi connectivity index (χ3v) is 4.23. The molecule has 1 N–H and O–H groups in total. The summed E-state index contributed by atoms with van der Waals surface area (Å²) >= 11 is 1.65. The second-order valence-electron chi connectivity index (χ2n) is 4.96. The van der Waals surface area contributed by atoms with E-state index in [2.05, 4.69) is 10.3 Å². The molecule has 0 fully saturated rings. The Morgan fingerprint density at radius 2 is 2.14 bits per heavy atom. The first-order valence-electron chi connectivity index (χ1n) is 7.41. The van der Waals surface area contributed by atoms with Gasteiger partial charge in [-0.25, -0.2) is 4.98 Å². The first-order chi connectivity index (χ1) is 10.6. The first-order valence-corrected chi connectivity index (χ1v) is 8.23. The topological polar surface area (TPSA) is 68.3 Å². The quantitative estimate of drug-likeness (QED) is 0.796. The molecule has 1 aromatic heterocycles. The number of likely N-dealkylation sites (N-methyl/N-ethyl adjacent to an activating group) is 1. The van der Waals surface area contributed by atoms with Crippen LogP contribution in [0, 0.1) is 0 Å². The molecule has 6 heteroatoms. The number of aryl methyl sites for hydroxylation is 1. The molecule has 2 rings (SSSR count). The number of benzene rings is 1. The lowest BCUT2D eigenvalue weighted by atomic mass is 10.2. The lowest BCUT2D eigenvalue weighted by Crippen LogP contribution is -2.35. The lowest BCUT2D eigenvalue weighted by Gasteiger charge is -2.12. The maximum atomic E-state index is 11.7. The summed E-state index contributed by atoms with van der Waals surface area (Å²) in [5, 5.41) is 3.64. The van der Waals surface area contributed by atoms with Gasteiger partial charge in [-0.05, 0) is 38.8 Å². The van der Waals surface area contributed by atoms with Crippen LogP contribution < -0.4 is 5.32 Å². The molecule has 0 radical (unpaired) electrons. The molecule has 0 aliphatic carbocycles. The van der Waals surface area contributed by atoms with Crippen molar-refractivity contribution < 1.29 is 14.3 Å². The zero-order valence-corrected chi connectivity index (χ0v) is 13.6. The fourth-order valence-corrected chi connectivity index (χ4v) is 3.05. The summed E-state index contributed by atoms with van der Waals surface area (Å²) in [6.45, 7) is 3.93. The van der Waals surface area contributed by atoms with Crippen molar-refractivity contribution in [3.8, 4) is 0 Å². The van der Waals surface area contributed by atoms with Crippen LogP contribution in [0.5, 0.6) is 0 Å². The number of carbonyl (C=O) groups is 2. The van der Waals surface area contributed by atoms with E-state index in [-0.39, 0.29) is 11.9 Å². The average molecular weight is 320 g/mol. The van der Waals surface area contributed by atoms with Crippen molar-refractivity contribution in [1.29, 1.82) is 0 Å². The van der Waals surface area contributed by atoms with Gasteiger partial charge in [0, 0.05) is 13.0 Å². The summed E-state index contributed by atoms with van der Waals surface area (Å²) in [7, 11) is 0. The summed E-state index contributed by atoms with van der Waals surface area (Å²) in [5.41, 5.74) is 0.995. The lowest BCUT2D eigenvalue weighted by molar-refractivity contribution is -0.154. The van der Waals surface area contributed by atoms with Crippen LogP contribution in [0.1, 0.15) is 31.7 Å². The van der Waals surface area contributed by atoms with Gasteiger partial charge in [0.05, 0.1) is 15.2 Å². The van der Waals surface area contributed by atoms with Crippen LogP contribution in [0.4, 0.5) is 0 Å². The highest BCUT2D eigenvalue weighted by Crippen LogP contribution is 2.22. The molecule has 0 spiro atoms. The third kappa shape index (κ3) is 4.53. The Balaban J connectivity index is 1.76. The fourth-order valence-electron chi connectivity index (χ4n) is 2.04. The molecule has 1 heterocycles. The van der Waals surface area contributed by atoms with E-state index in [0.717, 1.165) is 21.6 Å². The van der Waals surface area contributed by atoms with Crippen molar-refractivity contribution in [3.63, 3.8) is 0 Å². The predicted molar refractivity (Wildman–Crippen MR) is 86.8 cm³/mol. The van der Waals surface area contributed by atoms with Gasteiger partial charge in [-0.15, -0.1) is 11.3 Å². The van der Waals surface area contributed by atoms with E-state index in [9.17, 15) is 9.59 Å². The highest BCUT2D eigenvalue weighted by Gasteiger charge is 2.16. The Morgan fingerprint density at radius 1 is 1.36 bits per heavy atom. The Kier molecular flexibility index (Phi) is 5.89. The van der Waals surface area contributed by atoms with Crippen molar-refractivity contribution in [2.24, 2.45) is 0 Å². The Bertz CT molecular complexity index is 621. The molecular weight excluding hydrogens is 300 g/mol. The molecule has 0 aliphatic rings. The van der Waals surface area contributed by atoms with Gasteiger partial charge in [-0.2, -0.15) is 0 Å². The van der Waals surface area contributed by atoms with E-state index in [1.54, 1.807) is 18.3 Å². The van der Waals surface area contributed by atoms with Gasteiger partial charge >= 0.3 is 5.97 Å². The summed E-state index contributed by atoms with van der Waals surface area (Å²) in [6, 6.07) is 7.98. The van der Waals surface area contributed by atoms with Crippen LogP contribution in [-0.4, -0.2) is 29.5 Å². The second-order valence-corrected chi connectivity index (χ2v) is 6.07. The number of carbonyl (C=O) groups excluding carboxylic acids is 2. The molecule has 0 saturated heterocycles. The fraction of sp³-hybridized carbons (Fsp3) is 0.438. The average Bonchev–Trinajstić information content (AvgIpc) is 2.90. The van der Waals surface area contributed by atoms with Crippen LogP contribution in [0.3, 0.4) is 0 Å². The minimum Gasteiger partial charge on any atom is -0.453 e. The van der Waals surface area contributed by atoms with E-state index in [4.69, 9.17) is 4.74 Å². The maximum absolute atomic E-state index is 11.7. The number of esters is 1. The second kappa shape index (κ2) is 7.89. The van der Waals surface area contributed by atoms with Gasteiger partial charge in [-0.3, -0.25) is 9.59 Å². The minimum atomic E-state index is -0.741. The number of thiazole rings is 1. The number of hydrogen-bond donors (Lipinski definition) is 1. The van der Waals surface area contributed by atoms with E-state index in [0.29, 0.717) is 19.4 Å². The SMILES string of the molecule is CCNC(=O)[C@H](C)OC(=O)CCCc1nc2ccccc2s1. The number of amides is 1. The Morgan fingerprint density at radius 3 is 2.86 bits per heavy atom.